The van der Waals surface area contributed by atoms with E-state index in [-0.39, 0.29) is 31.7 Å². The highest BCUT2D eigenvalue weighted by atomic mass is 31.2. The SMILES string of the molecule is CC(=O)N[C@@H]1CCCCNC(=O)[C@@H]2CCCN2C(=O)[C@H](C(C)C)NC(=O)[C@H](CC(N)=O)NC(=O)[C@H](C(C)C)NC(=O)[C@H](Cc2ccc(OP(=O)(O)O)cc2)NC1=O. The number of fused-ring (bicyclic) bond motifs is 1. The van der Waals surface area contributed by atoms with Gasteiger partial charge in [-0.2, -0.15) is 0 Å². The van der Waals surface area contributed by atoms with Crippen molar-refractivity contribution in [2.45, 2.75) is 116 Å². The summed E-state index contributed by atoms with van der Waals surface area (Å²) in [6.07, 6.45) is 0.926. The Kier molecular flexibility index (Phi) is 17.0. The van der Waals surface area contributed by atoms with E-state index in [1.54, 1.807) is 27.7 Å². The van der Waals surface area contributed by atoms with Crippen LogP contribution < -0.4 is 42.2 Å². The standard InChI is InChI=1S/C36H55N8O12P/c1-19(2)29-35(51)41-26(18-28(37)46)33(49)43-30(20(3)4)36(52)44-16-8-10-27(44)34(50)38-15-7-6-9-24(39-21(5)45)31(47)40-25(32(48)42-29)17-22-11-13-23(14-12-22)56-57(53,54)55/h11-14,19-20,24-27,29-30H,6-10,15-18H2,1-5H3,(H2,37,46)(H,38,50)(H,39,45)(H,40,47)(H,41,51)(H,42,48)(H,43,49)(H2,53,54,55)/t24-,25+,26+,27+,29+,30+/m1/s1. The molecule has 8 amide bonds. The second-order valence-electron chi connectivity index (χ2n) is 14.9. The fourth-order valence-electron chi connectivity index (χ4n) is 6.57. The molecule has 2 aliphatic rings. The van der Waals surface area contributed by atoms with Crippen LogP contribution in [0, 0.1) is 11.8 Å². The van der Waals surface area contributed by atoms with Crippen LogP contribution in [0.15, 0.2) is 24.3 Å². The van der Waals surface area contributed by atoms with E-state index < -0.39 is 110 Å². The molecule has 6 atom stereocenters. The maximum Gasteiger partial charge on any atom is 0.524 e. The Morgan fingerprint density at radius 2 is 1.42 bits per heavy atom. The predicted molar refractivity (Wildman–Crippen MR) is 203 cm³/mol. The van der Waals surface area contributed by atoms with Crippen molar-refractivity contribution in [2.24, 2.45) is 17.6 Å². The van der Waals surface area contributed by atoms with Gasteiger partial charge in [-0.25, -0.2) is 4.57 Å². The average molecular weight is 823 g/mol. The van der Waals surface area contributed by atoms with Gasteiger partial charge in [-0.3, -0.25) is 48.1 Å². The Balaban J connectivity index is 2.02. The molecule has 0 saturated carbocycles. The fourth-order valence-corrected chi connectivity index (χ4v) is 6.96. The van der Waals surface area contributed by atoms with Gasteiger partial charge in [-0.05, 0) is 61.6 Å². The molecular weight excluding hydrogens is 767 g/mol. The smallest absolute Gasteiger partial charge is 0.404 e. The molecule has 20 nitrogen and oxygen atoms in total. The van der Waals surface area contributed by atoms with E-state index in [9.17, 15) is 42.9 Å². The first-order valence-electron chi connectivity index (χ1n) is 18.9. The summed E-state index contributed by atoms with van der Waals surface area (Å²) in [5, 5.41) is 15.8. The van der Waals surface area contributed by atoms with Crippen molar-refractivity contribution in [3.05, 3.63) is 29.8 Å². The summed E-state index contributed by atoms with van der Waals surface area (Å²) < 4.78 is 15.9. The number of hydrogen-bond acceptors (Lipinski definition) is 10. The van der Waals surface area contributed by atoms with Crippen molar-refractivity contribution in [3.8, 4) is 5.75 Å². The number of nitrogens with zero attached hydrogens (tertiary/aromatic N) is 1. The lowest BCUT2D eigenvalue weighted by Gasteiger charge is -2.32. The van der Waals surface area contributed by atoms with Crippen molar-refractivity contribution in [2.75, 3.05) is 13.1 Å². The molecule has 0 aromatic heterocycles. The van der Waals surface area contributed by atoms with Gasteiger partial charge in [-0.15, -0.1) is 0 Å². The van der Waals surface area contributed by atoms with Crippen molar-refractivity contribution in [3.63, 3.8) is 0 Å². The number of rotatable bonds is 9. The van der Waals surface area contributed by atoms with Crippen LogP contribution in [0.25, 0.3) is 0 Å². The summed E-state index contributed by atoms with van der Waals surface area (Å²) in [7, 11) is -4.87. The summed E-state index contributed by atoms with van der Waals surface area (Å²) in [6, 6.07) is -2.03. The summed E-state index contributed by atoms with van der Waals surface area (Å²) in [5.41, 5.74) is 5.85. The number of benzene rings is 1. The lowest BCUT2D eigenvalue weighted by molar-refractivity contribution is -0.143. The number of carbonyl (C=O) groups excluding carboxylic acids is 8. The van der Waals surface area contributed by atoms with E-state index >= 15 is 0 Å². The summed E-state index contributed by atoms with van der Waals surface area (Å²) in [6.45, 7) is 8.26. The monoisotopic (exact) mass is 822 g/mol. The van der Waals surface area contributed by atoms with Gasteiger partial charge in [0.25, 0.3) is 0 Å². The maximum atomic E-state index is 14.0. The maximum absolute atomic E-state index is 14.0. The van der Waals surface area contributed by atoms with Gasteiger partial charge >= 0.3 is 7.82 Å². The first-order chi connectivity index (χ1) is 26.7. The Bertz CT molecular complexity index is 1700. The summed E-state index contributed by atoms with van der Waals surface area (Å²) in [4.78, 5) is 126. The second kappa shape index (κ2) is 20.9. The van der Waals surface area contributed by atoms with Crippen LogP contribution in [0.4, 0.5) is 0 Å². The van der Waals surface area contributed by atoms with Gasteiger partial charge in [0.05, 0.1) is 6.42 Å². The van der Waals surface area contributed by atoms with Crippen molar-refractivity contribution in [1.82, 2.24) is 36.8 Å². The Morgan fingerprint density at radius 3 is 2.00 bits per heavy atom. The van der Waals surface area contributed by atoms with Crippen LogP contribution in [-0.4, -0.2) is 111 Å². The van der Waals surface area contributed by atoms with Gasteiger partial charge in [-0.1, -0.05) is 39.8 Å². The minimum absolute atomic E-state index is 0.117. The van der Waals surface area contributed by atoms with Crippen LogP contribution in [0.3, 0.4) is 0 Å². The Labute approximate surface area is 330 Å². The zero-order valence-electron chi connectivity index (χ0n) is 32.7. The summed E-state index contributed by atoms with van der Waals surface area (Å²) >= 11 is 0. The van der Waals surface area contributed by atoms with E-state index in [2.05, 4.69) is 36.4 Å². The third-order valence-corrected chi connectivity index (χ3v) is 9.94. The Hall–Kier alpha value is -5.07. The number of amides is 8. The van der Waals surface area contributed by atoms with Gasteiger partial charge in [0, 0.05) is 26.4 Å². The van der Waals surface area contributed by atoms with Crippen molar-refractivity contribution >= 4 is 55.1 Å². The Morgan fingerprint density at radius 1 is 0.825 bits per heavy atom. The fraction of sp³-hybridized carbons (Fsp3) is 0.611. The van der Waals surface area contributed by atoms with Crippen molar-refractivity contribution in [1.29, 1.82) is 0 Å². The molecule has 0 aliphatic carbocycles. The molecule has 3 rings (SSSR count). The molecule has 2 aliphatic heterocycles. The number of nitrogens with one attached hydrogen (secondary N) is 6. The van der Waals surface area contributed by atoms with Gasteiger partial charge in [0.2, 0.25) is 47.3 Å². The lowest BCUT2D eigenvalue weighted by atomic mass is 9.99. The van der Waals surface area contributed by atoms with E-state index in [0.29, 0.717) is 31.2 Å². The highest BCUT2D eigenvalue weighted by molar-refractivity contribution is 7.46. The molecule has 2 saturated heterocycles. The number of phosphoric acid groups is 1. The van der Waals surface area contributed by atoms with E-state index in [1.807, 2.05) is 0 Å². The number of nitrogens with two attached hydrogens (primary N) is 1. The second-order valence-corrected chi connectivity index (χ2v) is 16.1. The minimum Gasteiger partial charge on any atom is -0.404 e. The van der Waals surface area contributed by atoms with Crippen LogP contribution >= 0.6 is 7.82 Å². The molecule has 0 spiro atoms. The van der Waals surface area contributed by atoms with E-state index in [1.165, 1.54) is 36.1 Å². The zero-order valence-corrected chi connectivity index (χ0v) is 33.6. The van der Waals surface area contributed by atoms with E-state index in [0.717, 1.165) is 0 Å². The predicted octanol–water partition coefficient (Wildman–Crippen LogP) is -1.38. The molecule has 0 unspecified atom stereocenters. The normalized spacial score (nSPS) is 25.2. The molecule has 1 aromatic rings. The van der Waals surface area contributed by atoms with Crippen LogP contribution in [0.2, 0.25) is 0 Å². The van der Waals surface area contributed by atoms with Crippen LogP contribution in [0.1, 0.15) is 78.7 Å². The molecular formula is C36H55N8O12P. The van der Waals surface area contributed by atoms with Gasteiger partial charge in [0.1, 0.15) is 42.0 Å². The molecule has 2 heterocycles. The molecule has 2 fully saturated rings. The third-order valence-electron chi connectivity index (χ3n) is 9.49. The number of carbonyl (C=O) groups is 8. The molecule has 21 heteroatoms. The van der Waals surface area contributed by atoms with Gasteiger partial charge in [0.15, 0.2) is 0 Å². The number of phosphoric ester groups is 1. The number of primary amides is 1. The largest absolute Gasteiger partial charge is 0.524 e. The highest BCUT2D eigenvalue weighted by Crippen LogP contribution is 2.37. The molecule has 0 radical (unpaired) electrons. The summed E-state index contributed by atoms with van der Waals surface area (Å²) in [5.74, 6) is -7.01. The quantitative estimate of drug-likeness (QED) is 0.130. The minimum atomic E-state index is -4.87. The van der Waals surface area contributed by atoms with Crippen LogP contribution in [-0.2, 0) is 49.3 Å². The highest BCUT2D eigenvalue weighted by Gasteiger charge is 2.40. The average Bonchev–Trinajstić information content (AvgIpc) is 3.60. The van der Waals surface area contributed by atoms with Crippen molar-refractivity contribution < 1.29 is 57.2 Å². The lowest BCUT2D eigenvalue weighted by Crippen LogP contribution is -2.61. The first kappa shape index (κ1) is 46.3. The zero-order chi connectivity index (χ0) is 42.6. The first-order valence-corrected chi connectivity index (χ1v) is 20.4. The molecule has 10 N–H and O–H groups in total. The number of hydrogen-bond donors (Lipinski definition) is 9. The van der Waals surface area contributed by atoms with E-state index in [4.69, 9.17) is 15.5 Å². The molecule has 1 aromatic carbocycles. The molecule has 316 valence electrons. The third kappa shape index (κ3) is 14.4. The molecule has 57 heavy (non-hydrogen) atoms. The molecule has 0 bridgehead atoms. The topological polar surface area (TPSA) is 305 Å². The van der Waals surface area contributed by atoms with Gasteiger partial charge < -0.3 is 47.1 Å². The van der Waals surface area contributed by atoms with Crippen LogP contribution in [0.5, 0.6) is 5.75 Å².